The Kier molecular flexibility index (Phi) is 5.26. The fraction of sp³-hybridized carbons (Fsp3) is 0.409. The van der Waals surface area contributed by atoms with Gasteiger partial charge >= 0.3 is 6.18 Å². The Balaban J connectivity index is 1.70. The SMILES string of the molecule is Cc1cc(C(=O)N(C)Cc2ccccc2C(F)(F)F)c2nc3n(c2n1)CCCCC3. The number of pyridine rings is 1. The van der Waals surface area contributed by atoms with E-state index >= 15 is 0 Å². The number of hydrogen-bond donors (Lipinski definition) is 0. The topological polar surface area (TPSA) is 51.0 Å². The van der Waals surface area contributed by atoms with Crippen LogP contribution < -0.4 is 0 Å². The van der Waals surface area contributed by atoms with E-state index in [0.717, 1.165) is 44.1 Å². The van der Waals surface area contributed by atoms with Gasteiger partial charge in [-0.1, -0.05) is 24.6 Å². The summed E-state index contributed by atoms with van der Waals surface area (Å²) in [6.07, 6.45) is -0.435. The molecular weight excluding hydrogens is 393 g/mol. The number of amides is 1. The standard InChI is InChI=1S/C22H23F3N4O/c1-14-12-16(19-20(26-14)29-11-7-3-4-10-18(29)27-19)21(30)28(2)13-15-8-5-6-9-17(15)22(23,24)25/h5-6,8-9,12H,3-4,7,10-11,13H2,1-2H3. The van der Waals surface area contributed by atoms with E-state index in [1.807, 2.05) is 6.92 Å². The van der Waals surface area contributed by atoms with E-state index in [2.05, 4.69) is 9.55 Å². The summed E-state index contributed by atoms with van der Waals surface area (Å²) in [4.78, 5) is 23.8. The zero-order valence-corrected chi connectivity index (χ0v) is 17.0. The van der Waals surface area contributed by atoms with Crippen LogP contribution in [0, 0.1) is 6.92 Å². The molecule has 0 saturated carbocycles. The summed E-state index contributed by atoms with van der Waals surface area (Å²) in [5.41, 5.74) is 1.60. The predicted molar refractivity (Wildman–Crippen MR) is 107 cm³/mol. The number of aromatic nitrogens is 3. The minimum Gasteiger partial charge on any atom is -0.337 e. The van der Waals surface area contributed by atoms with Crippen molar-refractivity contribution < 1.29 is 18.0 Å². The quantitative estimate of drug-likeness (QED) is 0.619. The first-order valence-electron chi connectivity index (χ1n) is 10.0. The van der Waals surface area contributed by atoms with Crippen molar-refractivity contribution in [2.75, 3.05) is 7.05 Å². The fourth-order valence-electron chi connectivity index (χ4n) is 4.05. The second kappa shape index (κ2) is 7.74. The van der Waals surface area contributed by atoms with Gasteiger partial charge in [-0.05, 0) is 37.5 Å². The first kappa shape index (κ1) is 20.4. The third kappa shape index (κ3) is 3.78. The number of benzene rings is 1. The Hall–Kier alpha value is -2.90. The highest BCUT2D eigenvalue weighted by atomic mass is 19.4. The molecule has 0 N–H and O–H groups in total. The maximum absolute atomic E-state index is 13.3. The van der Waals surface area contributed by atoms with Crippen molar-refractivity contribution in [2.24, 2.45) is 0 Å². The monoisotopic (exact) mass is 416 g/mol. The van der Waals surface area contributed by atoms with Crippen LogP contribution in [0.5, 0.6) is 0 Å². The Morgan fingerprint density at radius 1 is 1.17 bits per heavy atom. The fourth-order valence-corrected chi connectivity index (χ4v) is 4.05. The van der Waals surface area contributed by atoms with Crippen molar-refractivity contribution in [3.63, 3.8) is 0 Å². The highest BCUT2D eigenvalue weighted by Crippen LogP contribution is 2.32. The van der Waals surface area contributed by atoms with E-state index in [1.54, 1.807) is 12.1 Å². The van der Waals surface area contributed by atoms with Crippen LogP contribution in [0.3, 0.4) is 0 Å². The molecule has 1 aliphatic heterocycles. The molecular formula is C22H23F3N4O. The Morgan fingerprint density at radius 2 is 1.93 bits per heavy atom. The lowest BCUT2D eigenvalue weighted by Crippen LogP contribution is -2.28. The van der Waals surface area contributed by atoms with Gasteiger partial charge in [-0.25, -0.2) is 9.97 Å². The number of halogens is 3. The van der Waals surface area contributed by atoms with Gasteiger partial charge in [-0.3, -0.25) is 4.79 Å². The molecule has 0 fully saturated rings. The van der Waals surface area contributed by atoms with Gasteiger partial charge in [-0.2, -0.15) is 13.2 Å². The van der Waals surface area contributed by atoms with Gasteiger partial charge in [0.25, 0.3) is 5.91 Å². The number of carbonyl (C=O) groups is 1. The Labute approximate surface area is 172 Å². The number of aryl methyl sites for hydroxylation is 3. The molecule has 0 aliphatic carbocycles. The van der Waals surface area contributed by atoms with Gasteiger partial charge in [0, 0.05) is 32.3 Å². The summed E-state index contributed by atoms with van der Waals surface area (Å²) in [5.74, 6) is 0.551. The second-order valence-corrected chi connectivity index (χ2v) is 7.79. The summed E-state index contributed by atoms with van der Waals surface area (Å²) in [6, 6.07) is 7.00. The number of rotatable bonds is 3. The molecule has 0 spiro atoms. The molecule has 0 atom stereocenters. The van der Waals surface area contributed by atoms with Crippen molar-refractivity contribution >= 4 is 17.1 Å². The largest absolute Gasteiger partial charge is 0.416 e. The molecule has 0 saturated heterocycles. The normalized spacial score (nSPS) is 14.4. The zero-order chi connectivity index (χ0) is 21.5. The van der Waals surface area contributed by atoms with Gasteiger partial charge < -0.3 is 9.47 Å². The maximum atomic E-state index is 13.3. The maximum Gasteiger partial charge on any atom is 0.416 e. The molecule has 0 bridgehead atoms. The molecule has 1 aromatic carbocycles. The highest BCUT2D eigenvalue weighted by Gasteiger charge is 2.33. The van der Waals surface area contributed by atoms with Crippen LogP contribution in [0.1, 0.15) is 52.3 Å². The number of alkyl halides is 3. The summed E-state index contributed by atoms with van der Waals surface area (Å²) in [7, 11) is 1.51. The number of imidazole rings is 1. The lowest BCUT2D eigenvalue weighted by Gasteiger charge is -2.20. The number of nitrogens with zero attached hydrogens (tertiary/aromatic N) is 4. The molecule has 1 aliphatic rings. The van der Waals surface area contributed by atoms with Crippen LogP contribution in [0.15, 0.2) is 30.3 Å². The minimum atomic E-state index is -4.47. The van der Waals surface area contributed by atoms with Gasteiger partial charge in [0.15, 0.2) is 5.65 Å². The van der Waals surface area contributed by atoms with E-state index in [4.69, 9.17) is 4.98 Å². The van der Waals surface area contributed by atoms with E-state index in [0.29, 0.717) is 22.4 Å². The van der Waals surface area contributed by atoms with Gasteiger partial charge in [0.05, 0.1) is 11.1 Å². The Morgan fingerprint density at radius 3 is 2.70 bits per heavy atom. The predicted octanol–water partition coefficient (Wildman–Crippen LogP) is 4.76. The van der Waals surface area contributed by atoms with Crippen LogP contribution in [0.2, 0.25) is 0 Å². The zero-order valence-electron chi connectivity index (χ0n) is 17.0. The highest BCUT2D eigenvalue weighted by molar-refractivity contribution is 6.04. The van der Waals surface area contributed by atoms with Crippen molar-refractivity contribution in [3.05, 3.63) is 58.5 Å². The molecule has 3 aromatic rings. The lowest BCUT2D eigenvalue weighted by molar-refractivity contribution is -0.138. The van der Waals surface area contributed by atoms with Gasteiger partial charge in [-0.15, -0.1) is 0 Å². The number of fused-ring (bicyclic) bond motifs is 3. The summed E-state index contributed by atoms with van der Waals surface area (Å²) >= 11 is 0. The first-order chi connectivity index (χ1) is 14.3. The Bertz CT molecular complexity index is 1100. The lowest BCUT2D eigenvalue weighted by atomic mass is 10.1. The second-order valence-electron chi connectivity index (χ2n) is 7.79. The summed E-state index contributed by atoms with van der Waals surface area (Å²) < 4.78 is 42.0. The van der Waals surface area contributed by atoms with E-state index in [-0.39, 0.29) is 18.0 Å². The van der Waals surface area contributed by atoms with Crippen LogP contribution >= 0.6 is 0 Å². The molecule has 3 heterocycles. The first-order valence-corrected chi connectivity index (χ1v) is 10.0. The van der Waals surface area contributed by atoms with Crippen LogP contribution in [-0.4, -0.2) is 32.4 Å². The third-order valence-corrected chi connectivity index (χ3v) is 5.50. The molecule has 5 nitrogen and oxygen atoms in total. The van der Waals surface area contributed by atoms with E-state index in [9.17, 15) is 18.0 Å². The van der Waals surface area contributed by atoms with Crippen molar-refractivity contribution in [1.82, 2.24) is 19.4 Å². The number of hydrogen-bond acceptors (Lipinski definition) is 3. The molecule has 8 heteroatoms. The van der Waals surface area contributed by atoms with Crippen LogP contribution in [0.4, 0.5) is 13.2 Å². The number of carbonyl (C=O) groups excluding carboxylic acids is 1. The van der Waals surface area contributed by atoms with Gasteiger partial charge in [0.1, 0.15) is 11.3 Å². The molecule has 2 aromatic heterocycles. The summed E-state index contributed by atoms with van der Waals surface area (Å²) in [5, 5.41) is 0. The average Bonchev–Trinajstić information content (AvgIpc) is 2.87. The molecule has 0 unspecified atom stereocenters. The van der Waals surface area contributed by atoms with Crippen LogP contribution in [0.25, 0.3) is 11.2 Å². The minimum absolute atomic E-state index is 0.0588. The summed E-state index contributed by atoms with van der Waals surface area (Å²) in [6.45, 7) is 2.47. The van der Waals surface area contributed by atoms with Crippen molar-refractivity contribution in [1.29, 1.82) is 0 Å². The molecule has 1 amide bonds. The molecule has 4 rings (SSSR count). The van der Waals surface area contributed by atoms with Crippen molar-refractivity contribution in [3.8, 4) is 0 Å². The van der Waals surface area contributed by atoms with Crippen molar-refractivity contribution in [2.45, 2.75) is 51.9 Å². The molecule has 30 heavy (non-hydrogen) atoms. The van der Waals surface area contributed by atoms with Crippen LogP contribution in [-0.2, 0) is 25.7 Å². The molecule has 158 valence electrons. The van der Waals surface area contributed by atoms with E-state index in [1.165, 1.54) is 24.1 Å². The van der Waals surface area contributed by atoms with Gasteiger partial charge in [0.2, 0.25) is 0 Å². The smallest absolute Gasteiger partial charge is 0.337 e. The third-order valence-electron chi connectivity index (χ3n) is 5.50. The van der Waals surface area contributed by atoms with E-state index < -0.39 is 11.7 Å². The molecule has 0 radical (unpaired) electrons. The average molecular weight is 416 g/mol.